The van der Waals surface area contributed by atoms with Crippen LogP contribution in [0.25, 0.3) is 0 Å². The molecule has 0 saturated carbocycles. The Kier molecular flexibility index (Phi) is 4.28. The van der Waals surface area contributed by atoms with Crippen LogP contribution in [0.1, 0.15) is 16.2 Å². The average molecular weight is 276 g/mol. The number of hydrogen-bond donors (Lipinski definition) is 1. The normalized spacial score (nSPS) is 10.4. The van der Waals surface area contributed by atoms with Gasteiger partial charge in [0.25, 0.3) is 5.91 Å². The minimum absolute atomic E-state index is 0.192. The van der Waals surface area contributed by atoms with Gasteiger partial charge in [0.05, 0.1) is 16.8 Å². The molecule has 5 nitrogen and oxygen atoms in total. The molecule has 0 aliphatic carbocycles. The summed E-state index contributed by atoms with van der Waals surface area (Å²) < 4.78 is 7.23. The molecule has 0 aliphatic heterocycles. The molecule has 0 aromatic carbocycles. The van der Waals surface area contributed by atoms with Gasteiger partial charge < -0.3 is 10.1 Å². The number of ether oxygens (including phenoxy) is 1. The highest BCUT2D eigenvalue weighted by Crippen LogP contribution is 2.19. The number of methoxy groups -OCH3 is 1. The standard InChI is InChI=1S/C9H14BrN3O2/c1-6-7(10)8(12-13(6)2)9(14)11-4-5-15-3/h4-5H2,1-3H3,(H,11,14). The molecular weight excluding hydrogens is 262 g/mol. The molecule has 1 N–H and O–H groups in total. The quantitative estimate of drug-likeness (QED) is 0.830. The lowest BCUT2D eigenvalue weighted by Gasteiger charge is -2.01. The van der Waals surface area contributed by atoms with E-state index in [0.717, 1.165) is 10.2 Å². The predicted molar refractivity (Wildman–Crippen MR) is 59.9 cm³/mol. The van der Waals surface area contributed by atoms with Crippen LogP contribution in [0.15, 0.2) is 4.47 Å². The molecule has 1 rings (SSSR count). The van der Waals surface area contributed by atoms with Gasteiger partial charge >= 0.3 is 0 Å². The Morgan fingerprint density at radius 1 is 1.67 bits per heavy atom. The molecule has 1 aromatic rings. The topological polar surface area (TPSA) is 56.1 Å². The number of nitrogens with zero attached hydrogens (tertiary/aromatic N) is 2. The predicted octanol–water partition coefficient (Wildman–Crippen LogP) is 0.867. The van der Waals surface area contributed by atoms with Crippen molar-refractivity contribution in [1.29, 1.82) is 0 Å². The van der Waals surface area contributed by atoms with E-state index in [1.165, 1.54) is 0 Å². The third kappa shape index (κ3) is 2.79. The number of hydrogen-bond acceptors (Lipinski definition) is 3. The minimum Gasteiger partial charge on any atom is -0.383 e. The molecule has 0 aliphatic rings. The fourth-order valence-electron chi connectivity index (χ4n) is 1.08. The van der Waals surface area contributed by atoms with Gasteiger partial charge in [-0.3, -0.25) is 9.48 Å². The number of rotatable bonds is 4. The Balaban J connectivity index is 2.70. The highest BCUT2D eigenvalue weighted by atomic mass is 79.9. The van der Waals surface area contributed by atoms with E-state index in [2.05, 4.69) is 26.3 Å². The van der Waals surface area contributed by atoms with Crippen molar-refractivity contribution in [2.45, 2.75) is 6.92 Å². The Bertz CT molecular complexity index is 362. The maximum atomic E-state index is 11.6. The fourth-order valence-corrected chi connectivity index (χ4v) is 1.59. The van der Waals surface area contributed by atoms with Gasteiger partial charge in [-0.05, 0) is 22.9 Å². The molecule has 15 heavy (non-hydrogen) atoms. The highest BCUT2D eigenvalue weighted by Gasteiger charge is 2.16. The van der Waals surface area contributed by atoms with Gasteiger partial charge in [-0.1, -0.05) is 0 Å². The molecule has 1 heterocycles. The number of carbonyl (C=O) groups is 1. The molecule has 84 valence electrons. The summed E-state index contributed by atoms with van der Waals surface area (Å²) in [5.41, 5.74) is 1.33. The third-order valence-corrected chi connectivity index (χ3v) is 3.02. The Hall–Kier alpha value is -0.880. The van der Waals surface area contributed by atoms with Crippen molar-refractivity contribution in [3.63, 3.8) is 0 Å². The van der Waals surface area contributed by atoms with Crippen molar-refractivity contribution in [1.82, 2.24) is 15.1 Å². The molecule has 0 atom stereocenters. The van der Waals surface area contributed by atoms with Crippen molar-refractivity contribution in [2.75, 3.05) is 20.3 Å². The molecule has 0 saturated heterocycles. The lowest BCUT2D eigenvalue weighted by molar-refractivity contribution is 0.0930. The summed E-state index contributed by atoms with van der Waals surface area (Å²) in [6.45, 7) is 2.87. The van der Waals surface area contributed by atoms with Crippen molar-refractivity contribution in [3.8, 4) is 0 Å². The maximum Gasteiger partial charge on any atom is 0.273 e. The number of amides is 1. The molecule has 0 radical (unpaired) electrons. The van der Waals surface area contributed by atoms with Crippen LogP contribution < -0.4 is 5.32 Å². The van der Waals surface area contributed by atoms with E-state index in [4.69, 9.17) is 4.74 Å². The molecule has 1 amide bonds. The Labute approximate surface area is 96.9 Å². The highest BCUT2D eigenvalue weighted by molar-refractivity contribution is 9.10. The largest absolute Gasteiger partial charge is 0.383 e. The first kappa shape index (κ1) is 12.2. The van der Waals surface area contributed by atoms with E-state index in [9.17, 15) is 4.79 Å². The summed E-state index contributed by atoms with van der Waals surface area (Å²) in [4.78, 5) is 11.6. The van der Waals surface area contributed by atoms with E-state index in [-0.39, 0.29) is 5.91 Å². The van der Waals surface area contributed by atoms with Gasteiger partial charge in [0.1, 0.15) is 0 Å². The number of nitrogens with one attached hydrogen (secondary N) is 1. The van der Waals surface area contributed by atoms with Crippen LogP contribution in [0.5, 0.6) is 0 Å². The van der Waals surface area contributed by atoms with Crippen LogP contribution in [0.3, 0.4) is 0 Å². The van der Waals surface area contributed by atoms with Crippen molar-refractivity contribution in [3.05, 3.63) is 15.9 Å². The van der Waals surface area contributed by atoms with Gasteiger partial charge in [-0.25, -0.2) is 0 Å². The van der Waals surface area contributed by atoms with Gasteiger partial charge in [0, 0.05) is 20.7 Å². The number of carbonyl (C=O) groups excluding carboxylic acids is 1. The molecule has 0 spiro atoms. The van der Waals surface area contributed by atoms with Crippen molar-refractivity contribution in [2.24, 2.45) is 7.05 Å². The lowest BCUT2D eigenvalue weighted by Crippen LogP contribution is -2.27. The van der Waals surface area contributed by atoms with E-state index >= 15 is 0 Å². The number of aryl methyl sites for hydroxylation is 1. The smallest absolute Gasteiger partial charge is 0.273 e. The minimum atomic E-state index is -0.192. The Morgan fingerprint density at radius 2 is 2.33 bits per heavy atom. The number of aromatic nitrogens is 2. The zero-order chi connectivity index (χ0) is 11.4. The first-order valence-electron chi connectivity index (χ1n) is 4.54. The second kappa shape index (κ2) is 5.27. The van der Waals surface area contributed by atoms with Crippen LogP contribution in [-0.4, -0.2) is 35.9 Å². The molecule has 0 bridgehead atoms. The van der Waals surface area contributed by atoms with E-state index in [0.29, 0.717) is 18.8 Å². The van der Waals surface area contributed by atoms with Crippen molar-refractivity contribution >= 4 is 21.8 Å². The van der Waals surface area contributed by atoms with Gasteiger partial charge in [0.2, 0.25) is 0 Å². The van der Waals surface area contributed by atoms with Gasteiger partial charge in [0.15, 0.2) is 5.69 Å². The maximum absolute atomic E-state index is 11.6. The van der Waals surface area contributed by atoms with Gasteiger partial charge in [-0.15, -0.1) is 0 Å². The lowest BCUT2D eigenvalue weighted by atomic mass is 10.3. The molecule has 0 unspecified atom stereocenters. The molecule has 6 heteroatoms. The first-order valence-corrected chi connectivity index (χ1v) is 5.33. The van der Waals surface area contributed by atoms with Crippen LogP contribution in [0.4, 0.5) is 0 Å². The second-order valence-electron chi connectivity index (χ2n) is 3.12. The van der Waals surface area contributed by atoms with E-state index in [1.807, 2.05) is 6.92 Å². The molecular formula is C9H14BrN3O2. The van der Waals surface area contributed by atoms with Crippen LogP contribution in [0, 0.1) is 6.92 Å². The summed E-state index contributed by atoms with van der Waals surface area (Å²) in [5.74, 6) is -0.192. The zero-order valence-corrected chi connectivity index (χ0v) is 10.6. The summed E-state index contributed by atoms with van der Waals surface area (Å²) in [5, 5.41) is 6.82. The van der Waals surface area contributed by atoms with Crippen LogP contribution in [-0.2, 0) is 11.8 Å². The molecule has 1 aromatic heterocycles. The van der Waals surface area contributed by atoms with Crippen LogP contribution >= 0.6 is 15.9 Å². The van der Waals surface area contributed by atoms with E-state index in [1.54, 1.807) is 18.8 Å². The monoisotopic (exact) mass is 275 g/mol. The summed E-state index contributed by atoms with van der Waals surface area (Å²) in [7, 11) is 3.39. The third-order valence-electron chi connectivity index (χ3n) is 2.07. The summed E-state index contributed by atoms with van der Waals surface area (Å²) >= 11 is 3.34. The fraction of sp³-hybridized carbons (Fsp3) is 0.556. The molecule has 0 fully saturated rings. The number of halogens is 1. The zero-order valence-electron chi connectivity index (χ0n) is 9.00. The summed E-state index contributed by atoms with van der Waals surface area (Å²) in [6, 6.07) is 0. The first-order chi connectivity index (χ1) is 7.07. The summed E-state index contributed by atoms with van der Waals surface area (Å²) in [6.07, 6.45) is 0. The SMILES string of the molecule is COCCNC(=O)c1nn(C)c(C)c1Br. The Morgan fingerprint density at radius 3 is 2.80 bits per heavy atom. The van der Waals surface area contributed by atoms with Crippen molar-refractivity contribution < 1.29 is 9.53 Å². The second-order valence-corrected chi connectivity index (χ2v) is 3.91. The van der Waals surface area contributed by atoms with Gasteiger partial charge in [-0.2, -0.15) is 5.10 Å². The van der Waals surface area contributed by atoms with Crippen LogP contribution in [0.2, 0.25) is 0 Å². The average Bonchev–Trinajstić information content (AvgIpc) is 2.46. The van der Waals surface area contributed by atoms with E-state index < -0.39 is 0 Å².